The van der Waals surface area contributed by atoms with Crippen molar-refractivity contribution in [1.29, 1.82) is 0 Å². The van der Waals surface area contributed by atoms with Crippen molar-refractivity contribution in [1.82, 2.24) is 5.32 Å². The fourth-order valence-electron chi connectivity index (χ4n) is 1.77. The zero-order valence-electron chi connectivity index (χ0n) is 10.1. The van der Waals surface area contributed by atoms with E-state index in [9.17, 15) is 4.39 Å². The predicted octanol–water partition coefficient (Wildman–Crippen LogP) is 4.54. The molecule has 1 unspecified atom stereocenters. The van der Waals surface area contributed by atoms with Crippen molar-refractivity contribution < 1.29 is 4.39 Å². The van der Waals surface area contributed by atoms with Crippen LogP contribution in [-0.4, -0.2) is 6.54 Å². The van der Waals surface area contributed by atoms with Crippen molar-refractivity contribution in [3.63, 3.8) is 0 Å². The van der Waals surface area contributed by atoms with Gasteiger partial charge in [-0.1, -0.05) is 6.07 Å². The minimum absolute atomic E-state index is 0.218. The van der Waals surface area contributed by atoms with Crippen molar-refractivity contribution in [3.05, 3.63) is 56.4 Å². The van der Waals surface area contributed by atoms with E-state index < -0.39 is 0 Å². The molecule has 4 heteroatoms. The van der Waals surface area contributed by atoms with Crippen molar-refractivity contribution in [2.45, 2.75) is 19.4 Å². The number of halogens is 2. The Hall–Kier alpha value is -0.710. The third kappa shape index (κ3) is 3.64. The zero-order valence-corrected chi connectivity index (χ0v) is 12.5. The van der Waals surface area contributed by atoms with Gasteiger partial charge < -0.3 is 5.32 Å². The van der Waals surface area contributed by atoms with Gasteiger partial charge in [0.05, 0.1) is 4.47 Å². The molecule has 1 heterocycles. The average molecular weight is 328 g/mol. The molecule has 1 atom stereocenters. The molecule has 1 N–H and O–H groups in total. The minimum Gasteiger partial charge on any atom is -0.310 e. The highest BCUT2D eigenvalue weighted by Crippen LogP contribution is 2.21. The van der Waals surface area contributed by atoms with Crippen molar-refractivity contribution in [2.24, 2.45) is 0 Å². The molecule has 0 radical (unpaired) electrons. The maximum Gasteiger partial charge on any atom is 0.137 e. The van der Waals surface area contributed by atoms with Gasteiger partial charge in [-0.2, -0.15) is 11.3 Å². The lowest BCUT2D eigenvalue weighted by molar-refractivity contribution is 0.572. The standard InChI is InChI=1S/C14H15BrFNS/c1-10(12-2-3-14(16)13(15)8-12)17-6-4-11-5-7-18-9-11/h2-3,5,7-10,17H,4,6H2,1H3. The van der Waals surface area contributed by atoms with Gasteiger partial charge in [0.1, 0.15) is 5.82 Å². The van der Waals surface area contributed by atoms with Crippen LogP contribution in [-0.2, 0) is 6.42 Å². The molecule has 0 fully saturated rings. The lowest BCUT2D eigenvalue weighted by Gasteiger charge is -2.14. The average Bonchev–Trinajstić information content (AvgIpc) is 2.85. The number of hydrogen-bond acceptors (Lipinski definition) is 2. The number of rotatable bonds is 5. The van der Waals surface area contributed by atoms with Crippen LogP contribution in [0.2, 0.25) is 0 Å². The van der Waals surface area contributed by atoms with Crippen LogP contribution in [0.5, 0.6) is 0 Å². The molecule has 0 spiro atoms. The van der Waals surface area contributed by atoms with Gasteiger partial charge in [-0.3, -0.25) is 0 Å². The third-order valence-corrected chi connectivity index (χ3v) is 4.23. The predicted molar refractivity (Wildman–Crippen MR) is 78.5 cm³/mol. The number of benzene rings is 1. The first-order chi connectivity index (χ1) is 8.66. The maximum atomic E-state index is 13.1. The van der Waals surface area contributed by atoms with E-state index in [1.807, 2.05) is 12.1 Å². The molecule has 1 aromatic heterocycles. The Kier molecular flexibility index (Phi) is 4.92. The van der Waals surface area contributed by atoms with Crippen LogP contribution in [0, 0.1) is 5.82 Å². The summed E-state index contributed by atoms with van der Waals surface area (Å²) < 4.78 is 13.7. The molecule has 0 saturated heterocycles. The Morgan fingerprint density at radius 3 is 2.89 bits per heavy atom. The van der Waals surface area contributed by atoms with Gasteiger partial charge in [0.15, 0.2) is 0 Å². The van der Waals surface area contributed by atoms with Crippen molar-refractivity contribution in [2.75, 3.05) is 6.54 Å². The summed E-state index contributed by atoms with van der Waals surface area (Å²) >= 11 is 4.94. The normalized spacial score (nSPS) is 12.6. The quantitative estimate of drug-likeness (QED) is 0.849. The van der Waals surface area contributed by atoms with E-state index in [2.05, 4.69) is 45.0 Å². The van der Waals surface area contributed by atoms with Gasteiger partial charge >= 0.3 is 0 Å². The molecule has 0 bridgehead atoms. The summed E-state index contributed by atoms with van der Waals surface area (Å²) in [4.78, 5) is 0. The van der Waals surface area contributed by atoms with Gasteiger partial charge in [0, 0.05) is 6.04 Å². The summed E-state index contributed by atoms with van der Waals surface area (Å²) in [6, 6.07) is 7.52. The van der Waals surface area contributed by atoms with E-state index >= 15 is 0 Å². The summed E-state index contributed by atoms with van der Waals surface area (Å²) in [5.74, 6) is -0.218. The van der Waals surface area contributed by atoms with Crippen LogP contribution in [0.25, 0.3) is 0 Å². The van der Waals surface area contributed by atoms with E-state index in [4.69, 9.17) is 0 Å². The molecule has 96 valence electrons. The monoisotopic (exact) mass is 327 g/mol. The molecule has 0 saturated carbocycles. The van der Waals surface area contributed by atoms with E-state index in [0.29, 0.717) is 4.47 Å². The highest BCUT2D eigenvalue weighted by molar-refractivity contribution is 9.10. The van der Waals surface area contributed by atoms with Crippen LogP contribution in [0.1, 0.15) is 24.1 Å². The summed E-state index contributed by atoms with van der Waals surface area (Å²) in [6.45, 7) is 3.01. The molecule has 0 aliphatic heterocycles. The molecule has 0 aliphatic carbocycles. The third-order valence-electron chi connectivity index (χ3n) is 2.89. The first-order valence-corrected chi connectivity index (χ1v) is 7.60. The molecule has 2 rings (SSSR count). The Bertz CT molecular complexity index is 499. The first kappa shape index (κ1) is 13.7. The Balaban J connectivity index is 1.87. The van der Waals surface area contributed by atoms with E-state index in [-0.39, 0.29) is 11.9 Å². The fraction of sp³-hybridized carbons (Fsp3) is 0.286. The fourth-order valence-corrected chi connectivity index (χ4v) is 2.87. The van der Waals surface area contributed by atoms with Gasteiger partial charge in [0.25, 0.3) is 0 Å². The first-order valence-electron chi connectivity index (χ1n) is 5.86. The van der Waals surface area contributed by atoms with Gasteiger partial charge in [-0.15, -0.1) is 0 Å². The molecule has 1 nitrogen and oxygen atoms in total. The van der Waals surface area contributed by atoms with Gasteiger partial charge in [0.2, 0.25) is 0 Å². The summed E-state index contributed by atoms with van der Waals surface area (Å²) in [6.07, 6.45) is 1.02. The Labute approximate surface area is 119 Å². The van der Waals surface area contributed by atoms with Crippen LogP contribution in [0.15, 0.2) is 39.5 Å². The summed E-state index contributed by atoms with van der Waals surface area (Å²) in [5, 5.41) is 7.71. The minimum atomic E-state index is -0.218. The molecule has 0 amide bonds. The lowest BCUT2D eigenvalue weighted by Crippen LogP contribution is -2.21. The molecule has 1 aromatic carbocycles. The highest BCUT2D eigenvalue weighted by atomic mass is 79.9. The van der Waals surface area contributed by atoms with E-state index in [1.165, 1.54) is 11.6 Å². The molecule has 2 aromatic rings. The zero-order chi connectivity index (χ0) is 13.0. The summed E-state index contributed by atoms with van der Waals surface area (Å²) in [7, 11) is 0. The van der Waals surface area contributed by atoms with Crippen LogP contribution in [0.4, 0.5) is 4.39 Å². The maximum absolute atomic E-state index is 13.1. The Morgan fingerprint density at radius 1 is 1.39 bits per heavy atom. The molecular weight excluding hydrogens is 313 g/mol. The van der Waals surface area contributed by atoms with E-state index in [0.717, 1.165) is 18.5 Å². The van der Waals surface area contributed by atoms with Crippen molar-refractivity contribution >= 4 is 27.3 Å². The number of thiophene rings is 1. The van der Waals surface area contributed by atoms with Gasteiger partial charge in [-0.25, -0.2) is 4.39 Å². The number of hydrogen-bond donors (Lipinski definition) is 1. The Morgan fingerprint density at radius 2 is 2.22 bits per heavy atom. The smallest absolute Gasteiger partial charge is 0.137 e. The summed E-state index contributed by atoms with van der Waals surface area (Å²) in [5.41, 5.74) is 2.45. The van der Waals surface area contributed by atoms with Crippen LogP contribution >= 0.6 is 27.3 Å². The molecule has 18 heavy (non-hydrogen) atoms. The topological polar surface area (TPSA) is 12.0 Å². The SMILES string of the molecule is CC(NCCc1ccsc1)c1ccc(F)c(Br)c1. The molecular formula is C14H15BrFNS. The van der Waals surface area contributed by atoms with Crippen LogP contribution in [0.3, 0.4) is 0 Å². The lowest BCUT2D eigenvalue weighted by atomic mass is 10.1. The second kappa shape index (κ2) is 6.45. The largest absolute Gasteiger partial charge is 0.310 e. The van der Waals surface area contributed by atoms with Gasteiger partial charge in [-0.05, 0) is 75.9 Å². The van der Waals surface area contributed by atoms with Crippen molar-refractivity contribution in [3.8, 4) is 0 Å². The second-order valence-electron chi connectivity index (χ2n) is 4.23. The molecule has 0 aliphatic rings. The van der Waals surface area contributed by atoms with Crippen LogP contribution < -0.4 is 5.32 Å². The van der Waals surface area contributed by atoms with E-state index in [1.54, 1.807) is 11.3 Å². The number of nitrogens with one attached hydrogen (secondary N) is 1. The second-order valence-corrected chi connectivity index (χ2v) is 5.87. The highest BCUT2D eigenvalue weighted by Gasteiger charge is 2.07.